The van der Waals surface area contributed by atoms with Crippen molar-refractivity contribution in [3.05, 3.63) is 12.2 Å². The maximum absolute atomic E-state index is 10.5. The van der Waals surface area contributed by atoms with Gasteiger partial charge in [-0.3, -0.25) is 4.79 Å². The van der Waals surface area contributed by atoms with Crippen molar-refractivity contribution in [1.29, 1.82) is 0 Å². The quantitative estimate of drug-likeness (QED) is 0.522. The van der Waals surface area contributed by atoms with Crippen LogP contribution in [0.2, 0.25) is 0 Å². The van der Waals surface area contributed by atoms with E-state index in [-0.39, 0.29) is 5.97 Å². The molecule has 0 radical (unpaired) electrons. The van der Waals surface area contributed by atoms with Crippen LogP contribution >= 0.6 is 0 Å². The van der Waals surface area contributed by atoms with Gasteiger partial charge in [-0.1, -0.05) is 19.1 Å². The average Bonchev–Trinajstić information content (AvgIpc) is 2.13. The van der Waals surface area contributed by atoms with Crippen LogP contribution in [0.1, 0.15) is 40.0 Å². The fourth-order valence-electron chi connectivity index (χ4n) is 1.24. The first kappa shape index (κ1) is 14.2. The van der Waals surface area contributed by atoms with Crippen LogP contribution in [0.4, 0.5) is 0 Å². The van der Waals surface area contributed by atoms with Crippen LogP contribution in [-0.2, 0) is 9.53 Å². The predicted molar refractivity (Wildman–Crippen MR) is 60.5 cm³/mol. The van der Waals surface area contributed by atoms with Gasteiger partial charge < -0.3 is 9.84 Å². The molecule has 15 heavy (non-hydrogen) atoms. The van der Waals surface area contributed by atoms with Gasteiger partial charge in [-0.25, -0.2) is 0 Å². The highest BCUT2D eigenvalue weighted by Crippen LogP contribution is 2.14. The summed E-state index contributed by atoms with van der Waals surface area (Å²) in [6.07, 6.45) is 2.11. The minimum atomic E-state index is -0.402. The zero-order valence-electron chi connectivity index (χ0n) is 9.95. The predicted octanol–water partition coefficient (Wildman–Crippen LogP) is 2.29. The Balaban J connectivity index is 3.52. The number of carbonyl (C=O) groups excluding carboxylic acids is 1. The maximum Gasteiger partial charge on any atom is 0.302 e. The lowest BCUT2D eigenvalue weighted by molar-refractivity contribution is -0.141. The molecule has 0 aromatic rings. The summed E-state index contributed by atoms with van der Waals surface area (Å²) >= 11 is 0. The lowest BCUT2D eigenvalue weighted by atomic mass is 9.98. The second kappa shape index (κ2) is 7.46. The Morgan fingerprint density at radius 3 is 2.40 bits per heavy atom. The largest absolute Gasteiger partial charge is 0.466 e. The van der Waals surface area contributed by atoms with Crippen molar-refractivity contribution < 1.29 is 14.6 Å². The number of rotatable bonds is 7. The van der Waals surface area contributed by atoms with E-state index in [2.05, 4.69) is 13.5 Å². The van der Waals surface area contributed by atoms with E-state index >= 15 is 0 Å². The van der Waals surface area contributed by atoms with Crippen LogP contribution in [0, 0.1) is 5.92 Å². The molecule has 2 atom stereocenters. The molecular weight excluding hydrogens is 192 g/mol. The topological polar surface area (TPSA) is 46.5 Å². The van der Waals surface area contributed by atoms with Crippen LogP contribution in [0.3, 0.4) is 0 Å². The number of esters is 1. The molecule has 3 heteroatoms. The van der Waals surface area contributed by atoms with Gasteiger partial charge in [0.1, 0.15) is 0 Å². The highest BCUT2D eigenvalue weighted by Gasteiger charge is 2.08. The van der Waals surface area contributed by atoms with Crippen LogP contribution in [0.25, 0.3) is 0 Å². The summed E-state index contributed by atoms with van der Waals surface area (Å²) < 4.78 is 4.85. The smallest absolute Gasteiger partial charge is 0.302 e. The lowest BCUT2D eigenvalue weighted by Crippen LogP contribution is -2.11. The van der Waals surface area contributed by atoms with Gasteiger partial charge in [0, 0.05) is 6.92 Å². The minimum Gasteiger partial charge on any atom is -0.466 e. The highest BCUT2D eigenvalue weighted by molar-refractivity contribution is 5.65. The molecule has 0 aromatic carbocycles. The molecule has 88 valence electrons. The third kappa shape index (κ3) is 8.18. The van der Waals surface area contributed by atoms with E-state index in [1.807, 2.05) is 6.92 Å². The van der Waals surface area contributed by atoms with Gasteiger partial charge in [-0.15, -0.1) is 0 Å². The zero-order valence-corrected chi connectivity index (χ0v) is 9.95. The Kier molecular flexibility index (Phi) is 7.05. The standard InChI is InChI=1S/C12H22O3/c1-9(2)12(14)6-5-10(3)7-8-15-11(4)13/h10,12,14H,1,5-8H2,2-4H3. The number of aliphatic hydroxyl groups excluding tert-OH is 1. The summed E-state index contributed by atoms with van der Waals surface area (Å²) in [4.78, 5) is 10.5. The summed E-state index contributed by atoms with van der Waals surface area (Å²) in [5.41, 5.74) is 0.808. The van der Waals surface area contributed by atoms with E-state index in [1.165, 1.54) is 6.92 Å². The Labute approximate surface area is 92.1 Å². The average molecular weight is 214 g/mol. The van der Waals surface area contributed by atoms with Crippen LogP contribution in [0.5, 0.6) is 0 Å². The minimum absolute atomic E-state index is 0.232. The summed E-state index contributed by atoms with van der Waals surface area (Å²) in [5.74, 6) is 0.225. The fraction of sp³-hybridized carbons (Fsp3) is 0.750. The van der Waals surface area contributed by atoms with Gasteiger partial charge in [-0.2, -0.15) is 0 Å². The molecule has 3 nitrogen and oxygen atoms in total. The van der Waals surface area contributed by atoms with E-state index in [0.29, 0.717) is 12.5 Å². The Morgan fingerprint density at radius 2 is 1.93 bits per heavy atom. The van der Waals surface area contributed by atoms with E-state index in [4.69, 9.17) is 4.74 Å². The number of carbonyl (C=O) groups is 1. The summed E-state index contributed by atoms with van der Waals surface area (Å²) in [6, 6.07) is 0. The van der Waals surface area contributed by atoms with Gasteiger partial charge in [0.05, 0.1) is 12.7 Å². The number of aliphatic hydroxyl groups is 1. The third-order valence-corrected chi connectivity index (χ3v) is 2.42. The molecule has 1 N–H and O–H groups in total. The van der Waals surface area contributed by atoms with Crippen molar-refractivity contribution in [2.75, 3.05) is 6.61 Å². The monoisotopic (exact) mass is 214 g/mol. The molecular formula is C12H22O3. The van der Waals surface area contributed by atoms with Gasteiger partial charge >= 0.3 is 5.97 Å². The van der Waals surface area contributed by atoms with Gasteiger partial charge in [0.2, 0.25) is 0 Å². The molecule has 0 fully saturated rings. The van der Waals surface area contributed by atoms with Crippen LogP contribution in [-0.4, -0.2) is 23.8 Å². The number of hydrogen-bond donors (Lipinski definition) is 1. The molecule has 0 aliphatic rings. The van der Waals surface area contributed by atoms with Gasteiger partial charge in [0.15, 0.2) is 0 Å². The highest BCUT2D eigenvalue weighted by atomic mass is 16.5. The van der Waals surface area contributed by atoms with Crippen molar-refractivity contribution in [3.8, 4) is 0 Å². The van der Waals surface area contributed by atoms with Crippen molar-refractivity contribution >= 4 is 5.97 Å². The molecule has 0 spiro atoms. The van der Waals surface area contributed by atoms with E-state index in [0.717, 1.165) is 24.8 Å². The number of ether oxygens (including phenoxy) is 1. The van der Waals surface area contributed by atoms with Crippen LogP contribution < -0.4 is 0 Å². The Hall–Kier alpha value is -0.830. The second-order valence-electron chi connectivity index (χ2n) is 4.17. The normalized spacial score (nSPS) is 14.4. The first-order valence-corrected chi connectivity index (χ1v) is 5.40. The second-order valence-corrected chi connectivity index (χ2v) is 4.17. The number of hydrogen-bond acceptors (Lipinski definition) is 3. The molecule has 0 aromatic heterocycles. The Bertz CT molecular complexity index is 211. The molecule has 0 rings (SSSR count). The fourth-order valence-corrected chi connectivity index (χ4v) is 1.24. The van der Waals surface area contributed by atoms with Gasteiger partial charge in [0.25, 0.3) is 0 Å². The van der Waals surface area contributed by atoms with Crippen molar-refractivity contribution in [3.63, 3.8) is 0 Å². The maximum atomic E-state index is 10.5. The van der Waals surface area contributed by atoms with E-state index < -0.39 is 6.10 Å². The van der Waals surface area contributed by atoms with Gasteiger partial charge in [-0.05, 0) is 32.1 Å². The summed E-state index contributed by atoms with van der Waals surface area (Å²) in [7, 11) is 0. The summed E-state index contributed by atoms with van der Waals surface area (Å²) in [5, 5.41) is 9.50. The Morgan fingerprint density at radius 1 is 1.33 bits per heavy atom. The van der Waals surface area contributed by atoms with E-state index in [1.54, 1.807) is 0 Å². The molecule has 0 aliphatic carbocycles. The van der Waals surface area contributed by atoms with Crippen molar-refractivity contribution in [2.24, 2.45) is 5.92 Å². The molecule has 0 bridgehead atoms. The molecule has 0 heterocycles. The molecule has 0 saturated heterocycles. The van der Waals surface area contributed by atoms with E-state index in [9.17, 15) is 9.90 Å². The first-order chi connectivity index (χ1) is 6.93. The zero-order chi connectivity index (χ0) is 11.8. The lowest BCUT2D eigenvalue weighted by Gasteiger charge is -2.14. The van der Waals surface area contributed by atoms with Crippen molar-refractivity contribution in [1.82, 2.24) is 0 Å². The van der Waals surface area contributed by atoms with Crippen molar-refractivity contribution in [2.45, 2.75) is 46.1 Å². The SMILES string of the molecule is C=C(C)C(O)CCC(C)CCOC(C)=O. The molecule has 0 saturated carbocycles. The van der Waals surface area contributed by atoms with Crippen LogP contribution in [0.15, 0.2) is 12.2 Å². The first-order valence-electron chi connectivity index (χ1n) is 5.40. The molecule has 2 unspecified atom stereocenters. The summed E-state index contributed by atoms with van der Waals surface area (Å²) in [6.45, 7) is 9.50. The molecule has 0 aliphatic heterocycles. The molecule has 0 amide bonds. The third-order valence-electron chi connectivity index (χ3n) is 2.42.